The monoisotopic (exact) mass is 404 g/mol. The van der Waals surface area contributed by atoms with Crippen LogP contribution in [-0.4, -0.2) is 40.8 Å². The molecule has 1 fully saturated rings. The van der Waals surface area contributed by atoms with Crippen molar-refractivity contribution in [2.45, 2.75) is 45.3 Å². The number of ether oxygens (including phenoxy) is 1. The minimum Gasteiger partial charge on any atom is -0.444 e. The van der Waals surface area contributed by atoms with E-state index < -0.39 is 5.60 Å². The molecule has 0 unspecified atom stereocenters. The van der Waals surface area contributed by atoms with Crippen LogP contribution in [0.15, 0.2) is 12.5 Å². The number of carbonyl (C=O) groups excluding carboxylic acids is 1. The van der Waals surface area contributed by atoms with Crippen molar-refractivity contribution < 1.29 is 9.53 Å². The number of amides is 1. The topological polar surface area (TPSA) is 67.3 Å². The Balaban J connectivity index is 1.84. The zero-order chi connectivity index (χ0) is 15.5. The third-order valence-corrected chi connectivity index (χ3v) is 3.92. The highest BCUT2D eigenvalue weighted by atomic mass is 127. The van der Waals surface area contributed by atoms with Crippen LogP contribution in [0.2, 0.25) is 0 Å². The lowest BCUT2D eigenvalue weighted by molar-refractivity contribution is 0.0497. The Kier molecular flexibility index (Phi) is 5.23. The molecule has 116 valence electrons. The summed E-state index contributed by atoms with van der Waals surface area (Å²) in [5.74, 6) is 0.973. The second kappa shape index (κ2) is 6.76. The van der Waals surface area contributed by atoms with E-state index in [1.54, 1.807) is 6.33 Å². The number of halogens is 1. The van der Waals surface area contributed by atoms with Crippen molar-refractivity contribution in [1.82, 2.24) is 15.3 Å². The summed E-state index contributed by atoms with van der Waals surface area (Å²) in [5, 5.41) is 2.94. The quantitative estimate of drug-likeness (QED) is 0.768. The molecular formula is C14H21IN4O2. The SMILES string of the molecule is CC(C)(C)OC(=O)NC1CCN(c2ncncc2I)CC1. The summed E-state index contributed by atoms with van der Waals surface area (Å²) in [6.07, 6.45) is 4.83. The number of hydrogen-bond acceptors (Lipinski definition) is 5. The minimum absolute atomic E-state index is 0.163. The summed E-state index contributed by atoms with van der Waals surface area (Å²) in [6.45, 7) is 7.34. The van der Waals surface area contributed by atoms with Crippen molar-refractivity contribution in [1.29, 1.82) is 0 Å². The van der Waals surface area contributed by atoms with E-state index in [1.807, 2.05) is 27.0 Å². The maximum Gasteiger partial charge on any atom is 0.407 e. The van der Waals surface area contributed by atoms with Crippen molar-refractivity contribution in [2.75, 3.05) is 18.0 Å². The Hall–Kier alpha value is -1.12. The summed E-state index contributed by atoms with van der Waals surface area (Å²) in [4.78, 5) is 22.3. The highest BCUT2D eigenvalue weighted by Gasteiger charge is 2.24. The van der Waals surface area contributed by atoms with Crippen molar-refractivity contribution in [2.24, 2.45) is 0 Å². The summed E-state index contributed by atoms with van der Waals surface area (Å²) in [6, 6.07) is 0.163. The van der Waals surface area contributed by atoms with Gasteiger partial charge >= 0.3 is 6.09 Å². The Bertz CT molecular complexity index is 496. The molecular weight excluding hydrogens is 383 g/mol. The van der Waals surface area contributed by atoms with Gasteiger partial charge in [0.15, 0.2) is 0 Å². The molecule has 1 N–H and O–H groups in total. The number of anilines is 1. The van der Waals surface area contributed by atoms with E-state index in [0.717, 1.165) is 35.3 Å². The Morgan fingerprint density at radius 1 is 1.43 bits per heavy atom. The van der Waals surface area contributed by atoms with Gasteiger partial charge in [-0.2, -0.15) is 0 Å². The molecule has 21 heavy (non-hydrogen) atoms. The van der Waals surface area contributed by atoms with Crippen LogP contribution in [0.25, 0.3) is 0 Å². The number of carbonyl (C=O) groups is 1. The van der Waals surface area contributed by atoms with E-state index in [0.29, 0.717) is 0 Å². The molecule has 2 rings (SSSR count). The highest BCUT2D eigenvalue weighted by molar-refractivity contribution is 14.1. The third kappa shape index (κ3) is 4.98. The van der Waals surface area contributed by atoms with Crippen molar-refractivity contribution in [3.05, 3.63) is 16.1 Å². The van der Waals surface area contributed by atoms with Crippen LogP contribution in [-0.2, 0) is 4.74 Å². The molecule has 1 aromatic heterocycles. The molecule has 0 aliphatic carbocycles. The number of nitrogens with zero attached hydrogens (tertiary/aromatic N) is 3. The van der Waals surface area contributed by atoms with E-state index in [-0.39, 0.29) is 12.1 Å². The predicted octanol–water partition coefficient (Wildman–Crippen LogP) is 2.57. The highest BCUT2D eigenvalue weighted by Crippen LogP contribution is 2.22. The standard InChI is InChI=1S/C14H21IN4O2/c1-14(2,3)21-13(20)18-10-4-6-19(7-5-10)12-11(15)8-16-9-17-12/h8-10H,4-7H2,1-3H3,(H,18,20). The van der Waals surface area contributed by atoms with Crippen molar-refractivity contribution in [3.8, 4) is 0 Å². The summed E-state index contributed by atoms with van der Waals surface area (Å²) in [7, 11) is 0. The molecule has 0 aromatic carbocycles. The van der Waals surface area contributed by atoms with Crippen LogP contribution in [0.1, 0.15) is 33.6 Å². The normalized spacial score (nSPS) is 16.7. The van der Waals surface area contributed by atoms with Crippen LogP contribution in [0.4, 0.5) is 10.6 Å². The van der Waals surface area contributed by atoms with Crippen LogP contribution >= 0.6 is 22.6 Å². The Morgan fingerprint density at radius 2 is 2.10 bits per heavy atom. The molecule has 2 heterocycles. The second-order valence-electron chi connectivity index (χ2n) is 6.10. The van der Waals surface area contributed by atoms with Gasteiger partial charge in [0.05, 0.1) is 3.57 Å². The molecule has 0 spiro atoms. The second-order valence-corrected chi connectivity index (χ2v) is 7.26. The number of rotatable bonds is 2. The van der Waals surface area contributed by atoms with Crippen LogP contribution in [0.3, 0.4) is 0 Å². The van der Waals surface area contributed by atoms with E-state index in [4.69, 9.17) is 4.74 Å². The van der Waals surface area contributed by atoms with Crippen LogP contribution < -0.4 is 10.2 Å². The van der Waals surface area contributed by atoms with Gasteiger partial charge in [-0.05, 0) is 56.2 Å². The lowest BCUT2D eigenvalue weighted by atomic mass is 10.1. The number of hydrogen-bond donors (Lipinski definition) is 1. The maximum atomic E-state index is 11.8. The number of nitrogens with one attached hydrogen (secondary N) is 1. The number of alkyl carbamates (subject to hydrolysis) is 1. The molecule has 0 saturated carbocycles. The Labute approximate surface area is 138 Å². The van der Waals surface area contributed by atoms with E-state index in [2.05, 4.69) is 42.8 Å². The molecule has 0 bridgehead atoms. The third-order valence-electron chi connectivity index (χ3n) is 3.16. The first-order chi connectivity index (χ1) is 9.85. The summed E-state index contributed by atoms with van der Waals surface area (Å²) < 4.78 is 6.34. The summed E-state index contributed by atoms with van der Waals surface area (Å²) >= 11 is 2.25. The van der Waals surface area contributed by atoms with Gasteiger partial charge in [-0.25, -0.2) is 14.8 Å². The van der Waals surface area contributed by atoms with E-state index in [9.17, 15) is 4.79 Å². The molecule has 1 aliphatic rings. The predicted molar refractivity (Wildman–Crippen MR) is 89.4 cm³/mol. The lowest BCUT2D eigenvalue weighted by Crippen LogP contribution is -2.46. The largest absolute Gasteiger partial charge is 0.444 e. The first-order valence-electron chi connectivity index (χ1n) is 7.05. The van der Waals surface area contributed by atoms with Gasteiger partial charge in [-0.3, -0.25) is 0 Å². The van der Waals surface area contributed by atoms with E-state index in [1.165, 1.54) is 0 Å². The zero-order valence-electron chi connectivity index (χ0n) is 12.6. The van der Waals surface area contributed by atoms with Gasteiger partial charge in [0.1, 0.15) is 17.7 Å². The van der Waals surface area contributed by atoms with Gasteiger partial charge < -0.3 is 15.0 Å². The fraction of sp³-hybridized carbons (Fsp3) is 0.643. The van der Waals surface area contributed by atoms with Gasteiger partial charge in [-0.15, -0.1) is 0 Å². The molecule has 7 heteroatoms. The summed E-state index contributed by atoms with van der Waals surface area (Å²) in [5.41, 5.74) is -0.456. The first-order valence-corrected chi connectivity index (χ1v) is 8.13. The first kappa shape index (κ1) is 16.3. The fourth-order valence-electron chi connectivity index (χ4n) is 2.25. The van der Waals surface area contributed by atoms with Crippen molar-refractivity contribution in [3.63, 3.8) is 0 Å². The van der Waals surface area contributed by atoms with Gasteiger partial charge in [0, 0.05) is 25.3 Å². The Morgan fingerprint density at radius 3 is 2.67 bits per heavy atom. The van der Waals surface area contributed by atoms with Crippen LogP contribution in [0.5, 0.6) is 0 Å². The molecule has 1 saturated heterocycles. The molecule has 0 radical (unpaired) electrons. The smallest absolute Gasteiger partial charge is 0.407 e. The lowest BCUT2D eigenvalue weighted by Gasteiger charge is -2.33. The minimum atomic E-state index is -0.456. The average Bonchev–Trinajstić information content (AvgIpc) is 2.38. The fourth-order valence-corrected chi connectivity index (χ4v) is 2.89. The van der Waals surface area contributed by atoms with Gasteiger partial charge in [0.25, 0.3) is 0 Å². The van der Waals surface area contributed by atoms with Gasteiger partial charge in [0.2, 0.25) is 0 Å². The number of aromatic nitrogens is 2. The molecule has 1 aromatic rings. The average molecular weight is 404 g/mol. The van der Waals surface area contributed by atoms with Crippen LogP contribution in [0, 0.1) is 3.57 Å². The van der Waals surface area contributed by atoms with Crippen molar-refractivity contribution >= 4 is 34.5 Å². The molecule has 1 aliphatic heterocycles. The molecule has 0 atom stereocenters. The van der Waals surface area contributed by atoms with Gasteiger partial charge in [-0.1, -0.05) is 0 Å². The van der Waals surface area contributed by atoms with E-state index >= 15 is 0 Å². The zero-order valence-corrected chi connectivity index (χ0v) is 14.8. The molecule has 6 nitrogen and oxygen atoms in total. The maximum absolute atomic E-state index is 11.8. The number of piperidine rings is 1. The molecule has 1 amide bonds.